The van der Waals surface area contributed by atoms with Crippen LogP contribution < -0.4 is 4.90 Å². The predicted molar refractivity (Wildman–Crippen MR) is 126 cm³/mol. The standard InChI is InChI=1S/C24H29ClN2O4S/c25-20-11-4-3-9-18(20)21-14-32-24(26-21)27-16(13-28)8-5-10-17(15-6-1-2-7-15)19(23(27)31)12-22(29)30/h3-4,9,11,14-17,19,28H,1-2,5-8,10,12-13H2,(H,29,30)/t16-,17+,19-/m0/s1. The number of aliphatic carboxylic acids is 1. The molecule has 2 heterocycles. The number of carboxylic acids is 1. The highest BCUT2D eigenvalue weighted by Gasteiger charge is 2.42. The Labute approximate surface area is 197 Å². The number of aliphatic hydroxyl groups is 1. The minimum Gasteiger partial charge on any atom is -0.481 e. The first kappa shape index (κ1) is 23.2. The molecule has 0 radical (unpaired) electrons. The zero-order valence-corrected chi connectivity index (χ0v) is 19.5. The fourth-order valence-corrected chi connectivity index (χ4v) is 6.56. The molecule has 2 fully saturated rings. The molecule has 32 heavy (non-hydrogen) atoms. The molecule has 3 atom stereocenters. The van der Waals surface area contributed by atoms with Crippen LogP contribution in [0, 0.1) is 17.8 Å². The van der Waals surface area contributed by atoms with Crippen molar-refractivity contribution in [1.82, 2.24) is 4.98 Å². The summed E-state index contributed by atoms with van der Waals surface area (Å²) < 4.78 is 0. The summed E-state index contributed by atoms with van der Waals surface area (Å²) in [5.74, 6) is -1.32. The summed E-state index contributed by atoms with van der Waals surface area (Å²) in [5.41, 5.74) is 1.45. The number of nitrogens with zero attached hydrogens (tertiary/aromatic N) is 2. The average Bonchev–Trinajstić information content (AvgIpc) is 3.46. The molecular formula is C24H29ClN2O4S. The molecule has 1 amide bonds. The van der Waals surface area contributed by atoms with Crippen LogP contribution in [0.2, 0.25) is 5.02 Å². The van der Waals surface area contributed by atoms with Gasteiger partial charge in [-0.3, -0.25) is 14.5 Å². The van der Waals surface area contributed by atoms with Crippen molar-refractivity contribution in [2.24, 2.45) is 17.8 Å². The lowest BCUT2D eigenvalue weighted by molar-refractivity contribution is -0.142. The molecule has 2 aliphatic rings. The SMILES string of the molecule is O=C(O)C[C@@H]1C(=O)N(c2nc(-c3ccccc3Cl)cs2)[C@H](CO)CCC[C@@H]1C1CCCC1. The van der Waals surface area contributed by atoms with Crippen molar-refractivity contribution in [3.8, 4) is 11.3 Å². The molecule has 1 aromatic heterocycles. The van der Waals surface area contributed by atoms with E-state index in [0.717, 1.165) is 44.1 Å². The fraction of sp³-hybridized carbons (Fsp3) is 0.542. The van der Waals surface area contributed by atoms with Crippen molar-refractivity contribution in [3.63, 3.8) is 0 Å². The Bertz CT molecular complexity index is 959. The van der Waals surface area contributed by atoms with E-state index in [1.54, 1.807) is 11.0 Å². The van der Waals surface area contributed by atoms with Crippen LogP contribution in [0.25, 0.3) is 11.3 Å². The number of benzene rings is 1. The van der Waals surface area contributed by atoms with Crippen molar-refractivity contribution in [3.05, 3.63) is 34.7 Å². The number of rotatable bonds is 6. The molecule has 1 aromatic carbocycles. The lowest BCUT2D eigenvalue weighted by Crippen LogP contribution is -2.50. The molecule has 4 rings (SSSR count). The second-order valence-corrected chi connectivity index (χ2v) is 10.1. The monoisotopic (exact) mass is 476 g/mol. The number of amides is 1. The summed E-state index contributed by atoms with van der Waals surface area (Å²) in [6.07, 6.45) is 6.59. The minimum atomic E-state index is -0.955. The van der Waals surface area contributed by atoms with Gasteiger partial charge in [-0.1, -0.05) is 61.9 Å². The van der Waals surface area contributed by atoms with Gasteiger partial charge in [0.2, 0.25) is 5.91 Å². The number of carbonyl (C=O) groups is 2. The van der Waals surface area contributed by atoms with E-state index in [9.17, 15) is 19.8 Å². The van der Waals surface area contributed by atoms with E-state index in [1.807, 2.05) is 23.6 Å². The van der Waals surface area contributed by atoms with Crippen molar-refractivity contribution in [2.75, 3.05) is 11.5 Å². The molecular weight excluding hydrogens is 448 g/mol. The van der Waals surface area contributed by atoms with E-state index in [4.69, 9.17) is 16.6 Å². The third-order valence-electron chi connectivity index (χ3n) is 6.97. The number of aliphatic hydroxyl groups excluding tert-OH is 1. The summed E-state index contributed by atoms with van der Waals surface area (Å²) in [5, 5.41) is 22.7. The summed E-state index contributed by atoms with van der Waals surface area (Å²) in [6, 6.07) is 7.00. The van der Waals surface area contributed by atoms with Gasteiger partial charge in [0, 0.05) is 16.0 Å². The van der Waals surface area contributed by atoms with Gasteiger partial charge in [-0.05, 0) is 30.7 Å². The van der Waals surface area contributed by atoms with Crippen molar-refractivity contribution in [2.45, 2.75) is 57.4 Å². The fourth-order valence-electron chi connectivity index (χ4n) is 5.43. The predicted octanol–water partition coefficient (Wildman–Crippen LogP) is 5.24. The Balaban J connectivity index is 1.70. The average molecular weight is 477 g/mol. The lowest BCUT2D eigenvalue weighted by atomic mass is 9.74. The number of anilines is 1. The maximum absolute atomic E-state index is 13.9. The molecule has 0 unspecified atom stereocenters. The molecule has 1 aliphatic heterocycles. The number of thiazole rings is 1. The number of carboxylic acid groups (broad SMARTS) is 1. The summed E-state index contributed by atoms with van der Waals surface area (Å²) in [7, 11) is 0. The highest BCUT2D eigenvalue weighted by molar-refractivity contribution is 7.14. The Morgan fingerprint density at radius 1 is 1.16 bits per heavy atom. The number of hydrogen-bond acceptors (Lipinski definition) is 5. The van der Waals surface area contributed by atoms with Crippen LogP contribution in [-0.2, 0) is 9.59 Å². The molecule has 0 spiro atoms. The Hall–Kier alpha value is -1.96. The van der Waals surface area contributed by atoms with Gasteiger partial charge in [0.15, 0.2) is 5.13 Å². The van der Waals surface area contributed by atoms with Gasteiger partial charge >= 0.3 is 5.97 Å². The molecule has 2 aromatic rings. The second-order valence-electron chi connectivity index (χ2n) is 8.88. The van der Waals surface area contributed by atoms with Crippen LogP contribution in [0.4, 0.5) is 5.13 Å². The minimum absolute atomic E-state index is 0.0613. The molecule has 172 valence electrons. The quantitative estimate of drug-likeness (QED) is 0.595. The van der Waals surface area contributed by atoms with E-state index < -0.39 is 17.9 Å². The van der Waals surface area contributed by atoms with Crippen LogP contribution >= 0.6 is 22.9 Å². The third kappa shape index (κ3) is 4.85. The first-order valence-corrected chi connectivity index (χ1v) is 12.6. The normalized spacial score (nSPS) is 25.0. The highest BCUT2D eigenvalue weighted by Crippen LogP contribution is 2.43. The van der Waals surface area contributed by atoms with Gasteiger partial charge < -0.3 is 10.2 Å². The van der Waals surface area contributed by atoms with E-state index in [-0.39, 0.29) is 24.9 Å². The van der Waals surface area contributed by atoms with Crippen LogP contribution in [0.5, 0.6) is 0 Å². The van der Waals surface area contributed by atoms with Gasteiger partial charge in [0.1, 0.15) is 0 Å². The van der Waals surface area contributed by atoms with Crippen molar-refractivity contribution < 1.29 is 19.8 Å². The van der Waals surface area contributed by atoms with E-state index in [2.05, 4.69) is 0 Å². The van der Waals surface area contributed by atoms with Crippen molar-refractivity contribution in [1.29, 1.82) is 0 Å². The Morgan fingerprint density at radius 3 is 2.59 bits per heavy atom. The zero-order chi connectivity index (χ0) is 22.7. The second kappa shape index (κ2) is 10.3. The molecule has 1 saturated carbocycles. The zero-order valence-electron chi connectivity index (χ0n) is 18.0. The van der Waals surface area contributed by atoms with Crippen LogP contribution in [0.1, 0.15) is 51.4 Å². The van der Waals surface area contributed by atoms with Crippen LogP contribution in [-0.4, -0.2) is 39.7 Å². The van der Waals surface area contributed by atoms with Gasteiger partial charge in [-0.25, -0.2) is 4.98 Å². The molecule has 2 N–H and O–H groups in total. The van der Waals surface area contributed by atoms with Gasteiger partial charge in [-0.2, -0.15) is 0 Å². The number of aromatic nitrogens is 1. The van der Waals surface area contributed by atoms with Crippen LogP contribution in [0.15, 0.2) is 29.6 Å². The summed E-state index contributed by atoms with van der Waals surface area (Å²) in [6.45, 7) is -0.180. The van der Waals surface area contributed by atoms with Gasteiger partial charge in [0.05, 0.1) is 30.7 Å². The first-order valence-electron chi connectivity index (χ1n) is 11.4. The number of halogens is 1. The Morgan fingerprint density at radius 2 is 1.91 bits per heavy atom. The summed E-state index contributed by atoms with van der Waals surface area (Å²) in [4.78, 5) is 31.9. The smallest absolute Gasteiger partial charge is 0.304 e. The van der Waals surface area contributed by atoms with Gasteiger partial charge in [0.25, 0.3) is 0 Å². The van der Waals surface area contributed by atoms with Crippen LogP contribution in [0.3, 0.4) is 0 Å². The topological polar surface area (TPSA) is 90.7 Å². The van der Waals surface area contributed by atoms with Crippen molar-refractivity contribution >= 4 is 39.9 Å². The largest absolute Gasteiger partial charge is 0.481 e. The van der Waals surface area contributed by atoms with E-state index >= 15 is 0 Å². The molecule has 1 saturated heterocycles. The first-order chi connectivity index (χ1) is 15.5. The van der Waals surface area contributed by atoms with Gasteiger partial charge in [-0.15, -0.1) is 11.3 Å². The maximum Gasteiger partial charge on any atom is 0.304 e. The third-order valence-corrected chi connectivity index (χ3v) is 8.14. The maximum atomic E-state index is 13.9. The molecule has 1 aliphatic carbocycles. The number of carbonyl (C=O) groups excluding carboxylic acids is 1. The molecule has 0 bridgehead atoms. The lowest BCUT2D eigenvalue weighted by Gasteiger charge is -2.39. The van der Waals surface area contributed by atoms with E-state index in [1.165, 1.54) is 11.3 Å². The Kier molecular flexibility index (Phi) is 7.48. The number of hydrogen-bond donors (Lipinski definition) is 2. The van der Waals surface area contributed by atoms with E-state index in [0.29, 0.717) is 28.2 Å². The summed E-state index contributed by atoms with van der Waals surface area (Å²) >= 11 is 7.67. The molecule has 6 nitrogen and oxygen atoms in total. The molecule has 8 heteroatoms. The highest BCUT2D eigenvalue weighted by atomic mass is 35.5.